The summed E-state index contributed by atoms with van der Waals surface area (Å²) in [6.07, 6.45) is 1.03. The Labute approximate surface area is 122 Å². The molecule has 0 saturated carbocycles. The second-order valence-electron chi connectivity index (χ2n) is 6.71. The van der Waals surface area contributed by atoms with E-state index in [1.165, 1.54) is 0 Å². The van der Waals surface area contributed by atoms with Crippen molar-refractivity contribution < 1.29 is 4.74 Å². The van der Waals surface area contributed by atoms with Crippen LogP contribution >= 0.6 is 0 Å². The molecule has 2 unspecified atom stereocenters. The molecule has 0 amide bonds. The molecule has 0 bridgehead atoms. The lowest BCUT2D eigenvalue weighted by atomic mass is 9.89. The number of methoxy groups -OCH3 is 1. The largest absolute Gasteiger partial charge is 0.379 e. The molecule has 0 aromatic heterocycles. The molecule has 0 N–H and O–H groups in total. The van der Waals surface area contributed by atoms with Crippen molar-refractivity contribution in [3.05, 3.63) is 0 Å². The minimum Gasteiger partial charge on any atom is -0.379 e. The number of nitrogens with zero attached hydrogens (tertiary/aromatic N) is 4. The third kappa shape index (κ3) is 6.12. The van der Waals surface area contributed by atoms with Crippen LogP contribution in [0.1, 0.15) is 54.4 Å². The molecule has 0 spiro atoms. The van der Waals surface area contributed by atoms with Gasteiger partial charge < -0.3 is 4.74 Å². The molecule has 0 radical (unpaired) electrons. The van der Waals surface area contributed by atoms with Crippen LogP contribution in [0.4, 0.5) is 0 Å². The highest BCUT2D eigenvalue weighted by Gasteiger charge is 2.34. The first-order valence-corrected chi connectivity index (χ1v) is 6.83. The van der Waals surface area contributed by atoms with E-state index in [4.69, 9.17) is 4.74 Å². The summed E-state index contributed by atoms with van der Waals surface area (Å²) in [6, 6.07) is 4.35. The average Bonchev–Trinajstić information content (AvgIpc) is 2.35. The maximum Gasteiger partial charge on any atom is 0.167 e. The normalized spacial score (nSPS) is 18.3. The van der Waals surface area contributed by atoms with Crippen LogP contribution < -0.4 is 0 Å². The molecule has 0 aromatic carbocycles. The number of nitriles is 2. The van der Waals surface area contributed by atoms with Gasteiger partial charge in [0.1, 0.15) is 0 Å². The molecular weight excluding hydrogens is 252 g/mol. The first-order valence-electron chi connectivity index (χ1n) is 6.83. The molecule has 0 heterocycles. The molecule has 0 aliphatic rings. The van der Waals surface area contributed by atoms with E-state index in [9.17, 15) is 10.5 Å². The topological polar surface area (TPSA) is 81.5 Å². The van der Waals surface area contributed by atoms with Gasteiger partial charge >= 0.3 is 0 Å². The van der Waals surface area contributed by atoms with Crippen LogP contribution in [0.15, 0.2) is 10.2 Å². The summed E-state index contributed by atoms with van der Waals surface area (Å²) in [5, 5.41) is 27.0. The van der Waals surface area contributed by atoms with Crippen LogP contribution in [-0.2, 0) is 4.74 Å². The van der Waals surface area contributed by atoms with E-state index in [2.05, 4.69) is 22.4 Å². The molecule has 0 saturated heterocycles. The summed E-state index contributed by atoms with van der Waals surface area (Å²) in [7, 11) is 1.60. The predicted molar refractivity (Wildman–Crippen MR) is 78.1 cm³/mol. The second kappa shape index (κ2) is 6.81. The molecule has 5 heteroatoms. The third-order valence-corrected chi connectivity index (χ3v) is 3.10. The standard InChI is InChI=1S/C15H26N4O/c1-12(2)8-14(5,10-16)18-19-15(6,11-17)9-13(3,4)20-7/h12H,8-9H2,1-7H3/b19-18+. The fourth-order valence-corrected chi connectivity index (χ4v) is 2.12. The van der Waals surface area contributed by atoms with Gasteiger partial charge in [0.2, 0.25) is 0 Å². The minimum atomic E-state index is -0.991. The van der Waals surface area contributed by atoms with E-state index in [0.29, 0.717) is 18.8 Å². The van der Waals surface area contributed by atoms with Crippen molar-refractivity contribution in [3.8, 4) is 12.1 Å². The highest BCUT2D eigenvalue weighted by Crippen LogP contribution is 2.28. The number of hydrogen-bond donors (Lipinski definition) is 0. The molecule has 20 heavy (non-hydrogen) atoms. The molecule has 5 nitrogen and oxygen atoms in total. The zero-order valence-corrected chi connectivity index (χ0v) is 13.7. The summed E-state index contributed by atoms with van der Waals surface area (Å²) >= 11 is 0. The van der Waals surface area contributed by atoms with Gasteiger partial charge in [0, 0.05) is 13.5 Å². The third-order valence-electron chi connectivity index (χ3n) is 3.10. The maximum atomic E-state index is 9.35. The Morgan fingerprint density at radius 3 is 1.80 bits per heavy atom. The monoisotopic (exact) mass is 278 g/mol. The Kier molecular flexibility index (Phi) is 6.32. The van der Waals surface area contributed by atoms with E-state index >= 15 is 0 Å². The smallest absolute Gasteiger partial charge is 0.167 e. The van der Waals surface area contributed by atoms with Crippen LogP contribution in [0, 0.1) is 28.6 Å². The predicted octanol–water partition coefficient (Wildman–Crippen LogP) is 3.86. The summed E-state index contributed by atoms with van der Waals surface area (Å²) in [5.41, 5.74) is -2.34. The van der Waals surface area contributed by atoms with Crippen LogP contribution in [0.2, 0.25) is 0 Å². The van der Waals surface area contributed by atoms with E-state index in [0.717, 1.165) is 0 Å². The highest BCUT2D eigenvalue weighted by atomic mass is 16.5. The molecule has 112 valence electrons. The molecule has 0 aliphatic carbocycles. The lowest BCUT2D eigenvalue weighted by molar-refractivity contribution is 0.00462. The number of hydrogen-bond acceptors (Lipinski definition) is 5. The van der Waals surface area contributed by atoms with Crippen molar-refractivity contribution in [2.75, 3.05) is 7.11 Å². The molecule has 0 aliphatic heterocycles. The van der Waals surface area contributed by atoms with Crippen molar-refractivity contribution in [2.24, 2.45) is 16.1 Å². The Bertz CT molecular complexity index is 430. The van der Waals surface area contributed by atoms with Crippen molar-refractivity contribution in [3.63, 3.8) is 0 Å². The molecule has 0 aromatic rings. The van der Waals surface area contributed by atoms with Crippen molar-refractivity contribution >= 4 is 0 Å². The van der Waals surface area contributed by atoms with E-state index in [1.54, 1.807) is 21.0 Å². The first kappa shape index (κ1) is 18.5. The van der Waals surface area contributed by atoms with Crippen LogP contribution in [0.25, 0.3) is 0 Å². The van der Waals surface area contributed by atoms with E-state index in [1.807, 2.05) is 27.7 Å². The highest BCUT2D eigenvalue weighted by molar-refractivity contribution is 5.09. The summed E-state index contributed by atoms with van der Waals surface area (Å²) in [6.45, 7) is 11.3. The average molecular weight is 278 g/mol. The van der Waals surface area contributed by atoms with Gasteiger partial charge in [-0.15, -0.1) is 0 Å². The quantitative estimate of drug-likeness (QED) is 0.663. The summed E-state index contributed by atoms with van der Waals surface area (Å²) in [5.74, 6) is 0.336. The number of azo groups is 1. The first-order chi connectivity index (χ1) is 9.01. The van der Waals surface area contributed by atoms with Crippen LogP contribution in [0.5, 0.6) is 0 Å². The minimum absolute atomic E-state index is 0.336. The van der Waals surface area contributed by atoms with Crippen molar-refractivity contribution in [1.29, 1.82) is 10.5 Å². The second-order valence-corrected chi connectivity index (χ2v) is 6.71. The SMILES string of the molecule is COC(C)(C)CC(C)(C#N)/N=N/C(C)(C#N)CC(C)C. The Hall–Kier alpha value is -1.46. The maximum absolute atomic E-state index is 9.35. The molecule has 0 fully saturated rings. The Morgan fingerprint density at radius 1 is 1.00 bits per heavy atom. The Morgan fingerprint density at radius 2 is 1.45 bits per heavy atom. The van der Waals surface area contributed by atoms with Gasteiger partial charge in [0.15, 0.2) is 11.1 Å². The summed E-state index contributed by atoms with van der Waals surface area (Å²) < 4.78 is 5.34. The van der Waals surface area contributed by atoms with Crippen LogP contribution in [0.3, 0.4) is 0 Å². The van der Waals surface area contributed by atoms with Gasteiger partial charge in [-0.05, 0) is 40.0 Å². The van der Waals surface area contributed by atoms with Crippen LogP contribution in [-0.4, -0.2) is 23.8 Å². The van der Waals surface area contributed by atoms with Crippen molar-refractivity contribution in [2.45, 2.75) is 71.1 Å². The zero-order chi connectivity index (χ0) is 16.0. The fraction of sp³-hybridized carbons (Fsp3) is 0.867. The zero-order valence-electron chi connectivity index (χ0n) is 13.7. The fourth-order valence-electron chi connectivity index (χ4n) is 2.12. The molecule has 2 atom stereocenters. The number of rotatable bonds is 7. The lowest BCUT2D eigenvalue weighted by Crippen LogP contribution is -2.35. The number of ether oxygens (including phenoxy) is 1. The Balaban J connectivity index is 5.17. The van der Waals surface area contributed by atoms with Gasteiger partial charge in [0.25, 0.3) is 0 Å². The van der Waals surface area contributed by atoms with E-state index < -0.39 is 16.7 Å². The lowest BCUT2D eigenvalue weighted by Gasteiger charge is -2.29. The van der Waals surface area contributed by atoms with E-state index in [-0.39, 0.29) is 0 Å². The van der Waals surface area contributed by atoms with Gasteiger partial charge in [-0.2, -0.15) is 20.8 Å². The van der Waals surface area contributed by atoms with Gasteiger partial charge in [-0.1, -0.05) is 13.8 Å². The molecule has 0 rings (SSSR count). The molecular formula is C15H26N4O. The van der Waals surface area contributed by atoms with Gasteiger partial charge in [-0.3, -0.25) is 0 Å². The van der Waals surface area contributed by atoms with Gasteiger partial charge in [-0.25, -0.2) is 0 Å². The van der Waals surface area contributed by atoms with Crippen molar-refractivity contribution in [1.82, 2.24) is 0 Å². The van der Waals surface area contributed by atoms with Gasteiger partial charge in [0.05, 0.1) is 17.7 Å². The summed E-state index contributed by atoms with van der Waals surface area (Å²) in [4.78, 5) is 0.